The first-order valence-corrected chi connectivity index (χ1v) is 6.81. The van der Waals surface area contributed by atoms with E-state index in [0.29, 0.717) is 6.04 Å². The molecule has 1 heterocycles. The molecule has 1 aliphatic carbocycles. The van der Waals surface area contributed by atoms with Crippen LogP contribution in [-0.2, 0) is 0 Å². The molecule has 0 aliphatic heterocycles. The van der Waals surface area contributed by atoms with Crippen molar-refractivity contribution in [1.29, 1.82) is 0 Å². The molecule has 1 aliphatic rings. The van der Waals surface area contributed by atoms with E-state index in [0.717, 1.165) is 35.2 Å². The van der Waals surface area contributed by atoms with Crippen LogP contribution in [0.5, 0.6) is 0 Å². The van der Waals surface area contributed by atoms with Gasteiger partial charge in [0.05, 0.1) is 0 Å². The van der Waals surface area contributed by atoms with Crippen molar-refractivity contribution < 1.29 is 4.79 Å². The maximum absolute atomic E-state index is 11.6. The first-order chi connectivity index (χ1) is 9.72. The number of hydrogen-bond donors (Lipinski definition) is 2. The Labute approximate surface area is 118 Å². The smallest absolute Gasteiger partial charge is 0.319 e. The highest BCUT2D eigenvalue weighted by Crippen LogP contribution is 2.24. The third-order valence-corrected chi connectivity index (χ3v) is 3.39. The van der Waals surface area contributed by atoms with Crippen molar-refractivity contribution in [3.05, 3.63) is 48.3 Å². The van der Waals surface area contributed by atoms with E-state index in [1.165, 1.54) is 0 Å². The number of carbonyl (C=O) groups is 1. The molecule has 1 aromatic heterocycles. The Morgan fingerprint density at radius 2 is 1.95 bits per heavy atom. The van der Waals surface area contributed by atoms with Gasteiger partial charge in [0.15, 0.2) is 0 Å². The van der Waals surface area contributed by atoms with Crippen LogP contribution >= 0.6 is 0 Å². The molecule has 0 saturated heterocycles. The van der Waals surface area contributed by atoms with E-state index < -0.39 is 0 Å². The summed E-state index contributed by atoms with van der Waals surface area (Å²) >= 11 is 0. The quantitative estimate of drug-likeness (QED) is 0.896. The number of nitrogens with zero attached hydrogens (tertiary/aromatic N) is 1. The van der Waals surface area contributed by atoms with Crippen molar-refractivity contribution in [2.24, 2.45) is 0 Å². The van der Waals surface area contributed by atoms with Crippen LogP contribution in [0.25, 0.3) is 11.1 Å². The summed E-state index contributed by atoms with van der Waals surface area (Å²) in [5.74, 6) is 0. The summed E-state index contributed by atoms with van der Waals surface area (Å²) in [6.07, 6.45) is 5.82. The van der Waals surface area contributed by atoms with Gasteiger partial charge in [0.1, 0.15) is 0 Å². The van der Waals surface area contributed by atoms with E-state index in [1.54, 1.807) is 6.20 Å². The van der Waals surface area contributed by atoms with Gasteiger partial charge in [0, 0.05) is 24.1 Å². The molecule has 0 radical (unpaired) electrons. The summed E-state index contributed by atoms with van der Waals surface area (Å²) in [5.41, 5.74) is 4.23. The Morgan fingerprint density at radius 3 is 2.60 bits per heavy atom. The van der Waals surface area contributed by atoms with E-state index in [-0.39, 0.29) is 6.03 Å². The Hall–Kier alpha value is -2.36. The number of amides is 2. The molecule has 3 rings (SSSR count). The average Bonchev–Trinajstić information content (AvgIpc) is 3.24. The molecule has 1 saturated carbocycles. The van der Waals surface area contributed by atoms with E-state index in [2.05, 4.69) is 15.6 Å². The standard InChI is InChI=1S/C16H17N3O/c1-11-10-17-9-8-15(11)12-2-4-13(5-3-12)18-16(20)19-14-6-7-14/h2-5,8-10,14H,6-7H2,1H3,(H2,18,19,20). The van der Waals surface area contributed by atoms with Crippen molar-refractivity contribution in [2.45, 2.75) is 25.8 Å². The maximum Gasteiger partial charge on any atom is 0.319 e. The van der Waals surface area contributed by atoms with Crippen LogP contribution < -0.4 is 10.6 Å². The molecule has 1 aromatic carbocycles. The van der Waals surface area contributed by atoms with Crippen molar-refractivity contribution >= 4 is 11.7 Å². The van der Waals surface area contributed by atoms with Crippen LogP contribution in [0.2, 0.25) is 0 Å². The molecule has 2 amide bonds. The molecular formula is C16H17N3O. The minimum absolute atomic E-state index is 0.125. The normalized spacial score (nSPS) is 13.8. The Bertz CT molecular complexity index is 618. The van der Waals surface area contributed by atoms with Gasteiger partial charge in [-0.3, -0.25) is 4.98 Å². The molecule has 0 spiro atoms. The highest BCUT2D eigenvalue weighted by molar-refractivity contribution is 5.90. The number of anilines is 1. The molecular weight excluding hydrogens is 250 g/mol. The third-order valence-electron chi connectivity index (χ3n) is 3.39. The summed E-state index contributed by atoms with van der Waals surface area (Å²) in [5, 5.41) is 5.74. The summed E-state index contributed by atoms with van der Waals surface area (Å²) < 4.78 is 0. The molecule has 1 fully saturated rings. The summed E-state index contributed by atoms with van der Waals surface area (Å²) in [7, 11) is 0. The number of aromatic nitrogens is 1. The van der Waals surface area contributed by atoms with Crippen LogP contribution in [-0.4, -0.2) is 17.1 Å². The largest absolute Gasteiger partial charge is 0.335 e. The number of nitrogens with one attached hydrogen (secondary N) is 2. The number of rotatable bonds is 3. The molecule has 2 aromatic rings. The highest BCUT2D eigenvalue weighted by Gasteiger charge is 2.23. The summed E-state index contributed by atoms with van der Waals surface area (Å²) in [6.45, 7) is 2.04. The lowest BCUT2D eigenvalue weighted by Gasteiger charge is -2.09. The zero-order chi connectivity index (χ0) is 13.9. The van der Waals surface area contributed by atoms with Crippen LogP contribution in [0.1, 0.15) is 18.4 Å². The molecule has 20 heavy (non-hydrogen) atoms. The monoisotopic (exact) mass is 267 g/mol. The van der Waals surface area contributed by atoms with E-state index in [9.17, 15) is 4.79 Å². The fraction of sp³-hybridized carbons (Fsp3) is 0.250. The van der Waals surface area contributed by atoms with Gasteiger partial charge in [-0.2, -0.15) is 0 Å². The highest BCUT2D eigenvalue weighted by atomic mass is 16.2. The van der Waals surface area contributed by atoms with Gasteiger partial charge in [-0.15, -0.1) is 0 Å². The van der Waals surface area contributed by atoms with Crippen LogP contribution in [0.3, 0.4) is 0 Å². The molecule has 4 nitrogen and oxygen atoms in total. The second kappa shape index (κ2) is 5.33. The van der Waals surface area contributed by atoms with Crippen molar-refractivity contribution in [3.8, 4) is 11.1 Å². The zero-order valence-electron chi connectivity index (χ0n) is 11.4. The number of carbonyl (C=O) groups excluding carboxylic acids is 1. The molecule has 102 valence electrons. The Morgan fingerprint density at radius 1 is 1.20 bits per heavy atom. The van der Waals surface area contributed by atoms with E-state index in [1.807, 2.05) is 43.5 Å². The predicted molar refractivity (Wildman–Crippen MR) is 79.6 cm³/mol. The van der Waals surface area contributed by atoms with Gasteiger partial charge in [-0.25, -0.2) is 4.79 Å². The number of hydrogen-bond acceptors (Lipinski definition) is 2. The summed E-state index contributed by atoms with van der Waals surface area (Å²) in [4.78, 5) is 15.7. The average molecular weight is 267 g/mol. The lowest BCUT2D eigenvalue weighted by atomic mass is 10.0. The van der Waals surface area contributed by atoms with Crippen LogP contribution in [0.4, 0.5) is 10.5 Å². The second-order valence-corrected chi connectivity index (χ2v) is 5.14. The minimum atomic E-state index is -0.125. The van der Waals surface area contributed by atoms with E-state index >= 15 is 0 Å². The van der Waals surface area contributed by atoms with Gasteiger partial charge in [-0.05, 0) is 54.7 Å². The second-order valence-electron chi connectivity index (χ2n) is 5.14. The maximum atomic E-state index is 11.6. The molecule has 2 N–H and O–H groups in total. The lowest BCUT2D eigenvalue weighted by molar-refractivity contribution is 0.251. The fourth-order valence-corrected chi connectivity index (χ4v) is 2.11. The predicted octanol–water partition coefficient (Wildman–Crippen LogP) is 3.34. The van der Waals surface area contributed by atoms with Gasteiger partial charge in [0.25, 0.3) is 0 Å². The van der Waals surface area contributed by atoms with Crippen molar-refractivity contribution in [3.63, 3.8) is 0 Å². The number of benzene rings is 1. The fourth-order valence-electron chi connectivity index (χ4n) is 2.11. The van der Waals surface area contributed by atoms with Crippen LogP contribution in [0.15, 0.2) is 42.7 Å². The zero-order valence-corrected chi connectivity index (χ0v) is 11.4. The molecule has 0 bridgehead atoms. The van der Waals surface area contributed by atoms with Crippen LogP contribution in [0, 0.1) is 6.92 Å². The number of aryl methyl sites for hydroxylation is 1. The van der Waals surface area contributed by atoms with Gasteiger partial charge >= 0.3 is 6.03 Å². The van der Waals surface area contributed by atoms with Crippen molar-refractivity contribution in [1.82, 2.24) is 10.3 Å². The third kappa shape index (κ3) is 2.96. The first-order valence-electron chi connectivity index (χ1n) is 6.81. The van der Waals surface area contributed by atoms with Gasteiger partial charge < -0.3 is 10.6 Å². The first kappa shape index (κ1) is 12.7. The van der Waals surface area contributed by atoms with Gasteiger partial charge in [-0.1, -0.05) is 12.1 Å². The van der Waals surface area contributed by atoms with Gasteiger partial charge in [0.2, 0.25) is 0 Å². The molecule has 0 unspecified atom stereocenters. The SMILES string of the molecule is Cc1cnccc1-c1ccc(NC(=O)NC2CC2)cc1. The number of pyridine rings is 1. The van der Waals surface area contributed by atoms with Crippen molar-refractivity contribution in [2.75, 3.05) is 5.32 Å². The van der Waals surface area contributed by atoms with E-state index in [4.69, 9.17) is 0 Å². The number of urea groups is 1. The Kier molecular flexibility index (Phi) is 3.37. The molecule has 4 heteroatoms. The minimum Gasteiger partial charge on any atom is -0.335 e. The topological polar surface area (TPSA) is 54.0 Å². The molecule has 0 atom stereocenters. The summed E-state index contributed by atoms with van der Waals surface area (Å²) in [6, 6.07) is 10.1. The Balaban J connectivity index is 1.71. The lowest BCUT2D eigenvalue weighted by Crippen LogP contribution is -2.30.